The van der Waals surface area contributed by atoms with Crippen molar-refractivity contribution in [2.45, 2.75) is 36.5 Å². The van der Waals surface area contributed by atoms with Gasteiger partial charge in [0.15, 0.2) is 0 Å². The van der Waals surface area contributed by atoms with E-state index in [4.69, 9.17) is 16.0 Å². The lowest BCUT2D eigenvalue weighted by atomic mass is 9.94. The van der Waals surface area contributed by atoms with E-state index in [1.54, 1.807) is 34.6 Å². The number of nitrogens with one attached hydrogen (secondary N) is 2. The quantitative estimate of drug-likeness (QED) is 0.336. The van der Waals surface area contributed by atoms with Gasteiger partial charge in [-0.1, -0.05) is 18.6 Å². The molecule has 9 heteroatoms. The van der Waals surface area contributed by atoms with Crippen LogP contribution in [0.1, 0.15) is 30.6 Å². The van der Waals surface area contributed by atoms with Crippen LogP contribution < -0.4 is 16.5 Å². The summed E-state index contributed by atoms with van der Waals surface area (Å²) in [6.07, 6.45) is 3.30. The summed E-state index contributed by atoms with van der Waals surface area (Å²) in [5, 5.41) is 20.7. The first-order valence-electron chi connectivity index (χ1n) is 9.42. The standard InChI is InChI=1S/C20H25N3O4S2/c21-15(12-24)19(26)22-14-5-3-4-13(10-14)16-6-7-17(29-16)20(11-18(25)23-27)8-1-2-9-28-20/h3-7,10,15,24,27H,1-2,8-9,11-12,21H2,(H,22,26)(H,23,25)/t15-,20-/m0/s1. The smallest absolute Gasteiger partial charge is 0.245 e. The van der Waals surface area contributed by atoms with Crippen molar-refractivity contribution in [3.05, 3.63) is 41.3 Å². The number of carbonyl (C=O) groups excluding carboxylic acids is 2. The molecule has 1 aliphatic heterocycles. The van der Waals surface area contributed by atoms with Gasteiger partial charge in [-0.25, -0.2) is 5.48 Å². The van der Waals surface area contributed by atoms with Gasteiger partial charge in [0.05, 0.1) is 11.4 Å². The number of aliphatic hydroxyl groups excluding tert-OH is 1. The molecule has 1 aromatic heterocycles. The van der Waals surface area contributed by atoms with E-state index in [0.717, 1.165) is 40.3 Å². The molecular formula is C20H25N3O4S2. The third kappa shape index (κ3) is 5.18. The number of thioether (sulfide) groups is 1. The molecule has 6 N–H and O–H groups in total. The molecule has 1 fully saturated rings. The fourth-order valence-electron chi connectivity index (χ4n) is 3.38. The molecule has 0 bridgehead atoms. The molecule has 2 heterocycles. The van der Waals surface area contributed by atoms with E-state index in [9.17, 15) is 9.59 Å². The van der Waals surface area contributed by atoms with Gasteiger partial charge in [0.2, 0.25) is 11.8 Å². The number of hydroxylamine groups is 1. The molecule has 7 nitrogen and oxygen atoms in total. The summed E-state index contributed by atoms with van der Waals surface area (Å²) in [6, 6.07) is 10.5. The predicted molar refractivity (Wildman–Crippen MR) is 116 cm³/mol. The Morgan fingerprint density at radius 2 is 2.07 bits per heavy atom. The molecule has 0 spiro atoms. The zero-order valence-corrected chi connectivity index (χ0v) is 17.5. The fourth-order valence-corrected chi connectivity index (χ4v) is 6.27. The Morgan fingerprint density at radius 3 is 2.76 bits per heavy atom. The van der Waals surface area contributed by atoms with Crippen LogP contribution in [0.25, 0.3) is 10.4 Å². The number of aliphatic hydroxyl groups is 1. The second kappa shape index (κ2) is 9.73. The van der Waals surface area contributed by atoms with Crippen molar-refractivity contribution in [1.82, 2.24) is 5.48 Å². The maximum Gasteiger partial charge on any atom is 0.245 e. The molecule has 29 heavy (non-hydrogen) atoms. The van der Waals surface area contributed by atoms with E-state index in [1.165, 1.54) is 0 Å². The van der Waals surface area contributed by atoms with Crippen molar-refractivity contribution in [1.29, 1.82) is 0 Å². The molecule has 0 saturated carbocycles. The minimum Gasteiger partial charge on any atom is -0.394 e. The molecule has 0 aliphatic carbocycles. The second-order valence-electron chi connectivity index (χ2n) is 7.03. The van der Waals surface area contributed by atoms with Crippen LogP contribution in [0.5, 0.6) is 0 Å². The number of amides is 2. The first-order chi connectivity index (χ1) is 14.0. The lowest BCUT2D eigenvalue weighted by molar-refractivity contribution is -0.129. The molecule has 1 aliphatic rings. The Balaban J connectivity index is 1.84. The summed E-state index contributed by atoms with van der Waals surface area (Å²) in [7, 11) is 0. The van der Waals surface area contributed by atoms with Gasteiger partial charge in [-0.3, -0.25) is 14.8 Å². The molecular weight excluding hydrogens is 410 g/mol. The van der Waals surface area contributed by atoms with Crippen molar-refractivity contribution in [2.24, 2.45) is 5.73 Å². The van der Waals surface area contributed by atoms with Gasteiger partial charge in [-0.05, 0) is 48.4 Å². The first kappa shape index (κ1) is 21.8. The monoisotopic (exact) mass is 435 g/mol. The number of thiophene rings is 1. The molecule has 1 aromatic carbocycles. The highest BCUT2D eigenvalue weighted by molar-refractivity contribution is 8.00. The molecule has 2 amide bonds. The zero-order valence-electron chi connectivity index (χ0n) is 15.9. The van der Waals surface area contributed by atoms with Crippen LogP contribution >= 0.6 is 23.1 Å². The Morgan fingerprint density at radius 1 is 1.24 bits per heavy atom. The molecule has 2 aromatic rings. The van der Waals surface area contributed by atoms with Gasteiger partial charge in [0, 0.05) is 21.9 Å². The summed E-state index contributed by atoms with van der Waals surface area (Å²) >= 11 is 3.40. The number of nitrogens with two attached hydrogens (primary N) is 1. The van der Waals surface area contributed by atoms with Crippen LogP contribution in [0, 0.1) is 0 Å². The third-order valence-corrected chi connectivity index (χ3v) is 8.01. The van der Waals surface area contributed by atoms with Crippen molar-refractivity contribution in [3.8, 4) is 10.4 Å². The summed E-state index contributed by atoms with van der Waals surface area (Å²) in [5.74, 6) is 0.168. The Hall–Kier alpha value is -1.91. The van der Waals surface area contributed by atoms with E-state index in [-0.39, 0.29) is 17.1 Å². The van der Waals surface area contributed by atoms with Gasteiger partial charge < -0.3 is 16.2 Å². The molecule has 0 unspecified atom stereocenters. The van der Waals surface area contributed by atoms with Crippen molar-refractivity contribution < 1.29 is 19.9 Å². The van der Waals surface area contributed by atoms with E-state index in [2.05, 4.69) is 11.4 Å². The molecule has 3 rings (SSSR count). The molecule has 0 radical (unpaired) electrons. The minimum absolute atomic E-state index is 0.239. The zero-order chi connectivity index (χ0) is 20.9. The molecule has 2 atom stereocenters. The highest BCUT2D eigenvalue weighted by Gasteiger charge is 2.38. The van der Waals surface area contributed by atoms with Crippen LogP contribution in [0.15, 0.2) is 36.4 Å². The van der Waals surface area contributed by atoms with Gasteiger partial charge in [0.25, 0.3) is 0 Å². The van der Waals surface area contributed by atoms with Crippen LogP contribution in [-0.4, -0.2) is 40.5 Å². The maximum atomic E-state index is 11.9. The summed E-state index contributed by atoms with van der Waals surface area (Å²) in [4.78, 5) is 26.0. The van der Waals surface area contributed by atoms with Gasteiger partial charge in [-0.2, -0.15) is 0 Å². The Bertz CT molecular complexity index is 865. The molecule has 156 valence electrons. The third-order valence-electron chi connectivity index (χ3n) is 4.93. The lowest BCUT2D eigenvalue weighted by Gasteiger charge is -2.35. The summed E-state index contributed by atoms with van der Waals surface area (Å²) in [6.45, 7) is -0.416. The van der Waals surface area contributed by atoms with E-state index in [1.807, 2.05) is 24.3 Å². The topological polar surface area (TPSA) is 125 Å². The van der Waals surface area contributed by atoms with E-state index < -0.39 is 18.6 Å². The van der Waals surface area contributed by atoms with Gasteiger partial charge in [0.1, 0.15) is 6.04 Å². The van der Waals surface area contributed by atoms with Crippen LogP contribution in [0.2, 0.25) is 0 Å². The number of hydrogen-bond acceptors (Lipinski definition) is 7. The lowest BCUT2D eigenvalue weighted by Crippen LogP contribution is -2.38. The number of benzene rings is 1. The predicted octanol–water partition coefficient (Wildman–Crippen LogP) is 2.68. The Kier molecular flexibility index (Phi) is 7.31. The van der Waals surface area contributed by atoms with E-state index in [0.29, 0.717) is 5.69 Å². The normalized spacial score (nSPS) is 20.1. The van der Waals surface area contributed by atoms with Crippen LogP contribution in [0.3, 0.4) is 0 Å². The van der Waals surface area contributed by atoms with Crippen molar-refractivity contribution >= 4 is 40.6 Å². The average Bonchev–Trinajstić information content (AvgIpc) is 3.25. The molecule has 1 saturated heterocycles. The SMILES string of the molecule is N[C@@H](CO)C(=O)Nc1cccc(-c2ccc([C@@]3(CC(=O)NO)CCCCS3)s2)c1. The largest absolute Gasteiger partial charge is 0.394 e. The van der Waals surface area contributed by atoms with Gasteiger partial charge >= 0.3 is 0 Å². The summed E-state index contributed by atoms with van der Waals surface area (Å²) < 4.78 is -0.326. The van der Waals surface area contributed by atoms with Crippen molar-refractivity contribution in [3.63, 3.8) is 0 Å². The first-order valence-corrected chi connectivity index (χ1v) is 11.2. The van der Waals surface area contributed by atoms with E-state index >= 15 is 0 Å². The number of anilines is 1. The second-order valence-corrected chi connectivity index (χ2v) is 9.60. The van der Waals surface area contributed by atoms with Crippen LogP contribution in [0.4, 0.5) is 5.69 Å². The number of rotatable bonds is 7. The summed E-state index contributed by atoms with van der Waals surface area (Å²) in [5.41, 5.74) is 8.87. The highest BCUT2D eigenvalue weighted by atomic mass is 32.2. The Labute approximate surface area is 177 Å². The number of hydrogen-bond donors (Lipinski definition) is 5. The fraction of sp³-hybridized carbons (Fsp3) is 0.400. The average molecular weight is 436 g/mol. The van der Waals surface area contributed by atoms with Gasteiger partial charge in [-0.15, -0.1) is 23.1 Å². The minimum atomic E-state index is -0.965. The van der Waals surface area contributed by atoms with Crippen LogP contribution in [-0.2, 0) is 14.3 Å². The highest BCUT2D eigenvalue weighted by Crippen LogP contribution is 2.50. The number of carbonyl (C=O) groups is 2. The maximum absolute atomic E-state index is 11.9. The van der Waals surface area contributed by atoms with Crippen molar-refractivity contribution in [2.75, 3.05) is 17.7 Å².